The van der Waals surface area contributed by atoms with Crippen LogP contribution in [-0.4, -0.2) is 27.3 Å². The minimum Gasteiger partial charge on any atom is -0.496 e. The zero-order chi connectivity index (χ0) is 29.4. The van der Waals surface area contributed by atoms with Gasteiger partial charge in [-0.2, -0.15) is 0 Å². The SMILES string of the molecule is COc1cc2nc(-c3ccc(Oc4cccc(-c5nc6cc(CO)c(CO)cc6c(=O)o5)c4)cc3)oc(=O)c2cc1C. The van der Waals surface area contributed by atoms with Crippen LogP contribution in [0.5, 0.6) is 17.2 Å². The fourth-order valence-electron chi connectivity index (χ4n) is 4.67. The van der Waals surface area contributed by atoms with E-state index in [1.54, 1.807) is 73.8 Å². The second-order valence-corrected chi connectivity index (χ2v) is 9.56. The summed E-state index contributed by atoms with van der Waals surface area (Å²) in [6, 6.07) is 20.2. The van der Waals surface area contributed by atoms with Crippen molar-refractivity contribution in [3.05, 3.63) is 110 Å². The number of aliphatic hydroxyl groups excluding tert-OH is 2. The Labute approximate surface area is 238 Å². The number of aryl methyl sites for hydroxylation is 1. The van der Waals surface area contributed by atoms with Gasteiger partial charge >= 0.3 is 11.3 Å². The van der Waals surface area contributed by atoms with Gasteiger partial charge in [-0.3, -0.25) is 0 Å². The van der Waals surface area contributed by atoms with Crippen molar-refractivity contribution in [2.45, 2.75) is 20.1 Å². The van der Waals surface area contributed by atoms with E-state index >= 15 is 0 Å². The molecule has 0 saturated heterocycles. The Morgan fingerprint density at radius 3 is 2.00 bits per heavy atom. The summed E-state index contributed by atoms with van der Waals surface area (Å²) in [6.07, 6.45) is 0. The van der Waals surface area contributed by atoms with Gasteiger partial charge in [0, 0.05) is 17.2 Å². The van der Waals surface area contributed by atoms with E-state index in [0.717, 1.165) is 5.56 Å². The van der Waals surface area contributed by atoms with Gasteiger partial charge < -0.3 is 28.5 Å². The van der Waals surface area contributed by atoms with Crippen LogP contribution < -0.4 is 20.7 Å². The number of aliphatic hydroxyl groups is 2. The molecule has 2 heterocycles. The van der Waals surface area contributed by atoms with Crippen molar-refractivity contribution >= 4 is 21.8 Å². The molecule has 10 nitrogen and oxygen atoms in total. The molecule has 0 aliphatic heterocycles. The fraction of sp³-hybridized carbons (Fsp3) is 0.125. The quantitative estimate of drug-likeness (QED) is 0.268. The molecule has 0 spiro atoms. The molecule has 0 fully saturated rings. The topological polar surface area (TPSA) is 145 Å². The predicted octanol–water partition coefficient (Wildman–Crippen LogP) is 5.12. The van der Waals surface area contributed by atoms with Crippen LogP contribution in [0.15, 0.2) is 91.2 Å². The lowest BCUT2D eigenvalue weighted by atomic mass is 10.1. The van der Waals surface area contributed by atoms with Crippen LogP contribution in [0.1, 0.15) is 16.7 Å². The molecule has 0 bridgehead atoms. The number of nitrogens with zero attached hydrogens (tertiary/aromatic N) is 2. The lowest BCUT2D eigenvalue weighted by Gasteiger charge is -2.10. The fourth-order valence-corrected chi connectivity index (χ4v) is 4.67. The molecule has 0 atom stereocenters. The van der Waals surface area contributed by atoms with Gasteiger partial charge in [-0.05, 0) is 84.3 Å². The third-order valence-electron chi connectivity index (χ3n) is 6.85. The molecular formula is C32H24N2O8. The first kappa shape index (κ1) is 26.9. The number of rotatable bonds is 7. The summed E-state index contributed by atoms with van der Waals surface area (Å²) >= 11 is 0. The molecule has 6 rings (SSSR count). The van der Waals surface area contributed by atoms with Gasteiger partial charge in [-0.1, -0.05) is 6.07 Å². The molecule has 0 aliphatic carbocycles. The van der Waals surface area contributed by atoms with E-state index in [9.17, 15) is 19.8 Å². The molecule has 6 aromatic rings. The Kier molecular flexibility index (Phi) is 6.99. The highest BCUT2D eigenvalue weighted by Crippen LogP contribution is 2.30. The normalized spacial score (nSPS) is 11.2. The molecular weight excluding hydrogens is 540 g/mol. The maximum absolute atomic E-state index is 12.7. The predicted molar refractivity (Wildman–Crippen MR) is 155 cm³/mol. The van der Waals surface area contributed by atoms with Gasteiger partial charge in [0.1, 0.15) is 17.2 Å². The number of hydrogen-bond donors (Lipinski definition) is 2. The largest absolute Gasteiger partial charge is 0.496 e. The second-order valence-electron chi connectivity index (χ2n) is 9.56. The highest BCUT2D eigenvalue weighted by Gasteiger charge is 2.14. The van der Waals surface area contributed by atoms with Gasteiger partial charge in [0.25, 0.3) is 0 Å². The van der Waals surface area contributed by atoms with Gasteiger partial charge in [-0.15, -0.1) is 0 Å². The summed E-state index contributed by atoms with van der Waals surface area (Å²) in [7, 11) is 1.56. The van der Waals surface area contributed by atoms with Crippen LogP contribution in [0.3, 0.4) is 0 Å². The molecule has 210 valence electrons. The van der Waals surface area contributed by atoms with Crippen LogP contribution in [0.25, 0.3) is 44.7 Å². The van der Waals surface area contributed by atoms with Crippen LogP contribution in [-0.2, 0) is 13.2 Å². The lowest BCUT2D eigenvalue weighted by Crippen LogP contribution is -2.06. The number of aromatic nitrogens is 2. The summed E-state index contributed by atoms with van der Waals surface area (Å²) in [4.78, 5) is 34.3. The number of benzene rings is 4. The molecule has 0 unspecified atom stereocenters. The van der Waals surface area contributed by atoms with E-state index in [1.165, 1.54) is 6.07 Å². The van der Waals surface area contributed by atoms with Gasteiger partial charge in [0.15, 0.2) is 0 Å². The third kappa shape index (κ3) is 5.00. The third-order valence-corrected chi connectivity index (χ3v) is 6.85. The zero-order valence-corrected chi connectivity index (χ0v) is 22.6. The van der Waals surface area contributed by atoms with Gasteiger partial charge in [0.2, 0.25) is 11.8 Å². The second kappa shape index (κ2) is 10.9. The highest BCUT2D eigenvalue weighted by atomic mass is 16.5. The van der Waals surface area contributed by atoms with Crippen molar-refractivity contribution in [2.24, 2.45) is 0 Å². The van der Waals surface area contributed by atoms with E-state index in [1.807, 2.05) is 6.92 Å². The number of ether oxygens (including phenoxy) is 2. The zero-order valence-electron chi connectivity index (χ0n) is 22.6. The average molecular weight is 565 g/mol. The Hall–Kier alpha value is -5.32. The molecule has 2 aromatic heterocycles. The van der Waals surface area contributed by atoms with Gasteiger partial charge in [-0.25, -0.2) is 19.6 Å². The molecule has 0 saturated carbocycles. The summed E-state index contributed by atoms with van der Waals surface area (Å²) in [5.41, 5.74) is 2.51. The molecule has 0 aliphatic rings. The van der Waals surface area contributed by atoms with E-state index < -0.39 is 11.3 Å². The minimum atomic E-state index is -0.612. The maximum atomic E-state index is 12.7. The van der Waals surface area contributed by atoms with Crippen molar-refractivity contribution in [1.82, 2.24) is 9.97 Å². The number of hydrogen-bond acceptors (Lipinski definition) is 10. The van der Waals surface area contributed by atoms with Crippen molar-refractivity contribution < 1.29 is 28.5 Å². The standard InChI is InChI=1S/C32H24N2O8/c1-17-10-24-27(14-28(17)39-2)34-29(41-31(24)37)18-6-8-22(9-7-18)40-23-5-3-4-19(11-23)30-33-26-13-21(16-36)20(15-35)12-25(26)32(38)42-30/h3-14,35-36H,15-16H2,1-2H3. The van der Waals surface area contributed by atoms with E-state index in [0.29, 0.717) is 55.9 Å². The van der Waals surface area contributed by atoms with E-state index in [4.69, 9.17) is 18.3 Å². The van der Waals surface area contributed by atoms with Crippen LogP contribution in [0, 0.1) is 6.92 Å². The summed E-state index contributed by atoms with van der Waals surface area (Å²) in [5.74, 6) is 1.85. The van der Waals surface area contributed by atoms with Crippen LogP contribution >= 0.6 is 0 Å². The summed E-state index contributed by atoms with van der Waals surface area (Å²) in [6.45, 7) is 1.22. The molecule has 2 N–H and O–H groups in total. The first-order valence-corrected chi connectivity index (χ1v) is 12.9. The minimum absolute atomic E-state index is 0.0816. The van der Waals surface area contributed by atoms with Crippen LogP contribution in [0.4, 0.5) is 0 Å². The summed E-state index contributed by atoms with van der Waals surface area (Å²) < 4.78 is 22.3. The average Bonchev–Trinajstić information content (AvgIpc) is 3.01. The summed E-state index contributed by atoms with van der Waals surface area (Å²) in [5, 5.41) is 19.7. The molecule has 0 radical (unpaired) electrons. The maximum Gasteiger partial charge on any atom is 0.347 e. The number of methoxy groups -OCH3 is 1. The van der Waals surface area contributed by atoms with Crippen LogP contribution in [0.2, 0.25) is 0 Å². The van der Waals surface area contributed by atoms with Crippen molar-refractivity contribution in [3.8, 4) is 40.2 Å². The Morgan fingerprint density at radius 1 is 0.714 bits per heavy atom. The molecule has 4 aromatic carbocycles. The Morgan fingerprint density at radius 2 is 1.33 bits per heavy atom. The van der Waals surface area contributed by atoms with Crippen molar-refractivity contribution in [1.29, 1.82) is 0 Å². The Bertz CT molecular complexity index is 2080. The van der Waals surface area contributed by atoms with E-state index in [2.05, 4.69) is 9.97 Å². The van der Waals surface area contributed by atoms with Crippen molar-refractivity contribution in [2.75, 3.05) is 7.11 Å². The molecule has 42 heavy (non-hydrogen) atoms. The first-order valence-electron chi connectivity index (χ1n) is 12.9. The lowest BCUT2D eigenvalue weighted by molar-refractivity contribution is 0.260. The van der Waals surface area contributed by atoms with Gasteiger partial charge in [0.05, 0.1) is 42.1 Å². The van der Waals surface area contributed by atoms with E-state index in [-0.39, 0.29) is 30.4 Å². The smallest absolute Gasteiger partial charge is 0.347 e. The molecule has 10 heteroatoms. The first-order chi connectivity index (χ1) is 20.4. The van der Waals surface area contributed by atoms with Crippen molar-refractivity contribution in [3.63, 3.8) is 0 Å². The monoisotopic (exact) mass is 564 g/mol. The Balaban J connectivity index is 1.27. The molecule has 0 amide bonds. The highest BCUT2D eigenvalue weighted by molar-refractivity contribution is 5.82. The number of fused-ring (bicyclic) bond motifs is 2.